The molecule has 0 aliphatic carbocycles. The van der Waals surface area contributed by atoms with Gasteiger partial charge < -0.3 is 9.47 Å². The molecular weight excluding hydrogens is 261 g/mol. The molecule has 1 fully saturated rings. The van der Waals surface area contributed by atoms with Crippen molar-refractivity contribution in [3.63, 3.8) is 0 Å². The van der Waals surface area contributed by atoms with Gasteiger partial charge >= 0.3 is 0 Å². The van der Waals surface area contributed by atoms with Gasteiger partial charge in [-0.25, -0.2) is 4.39 Å². The van der Waals surface area contributed by atoms with Crippen molar-refractivity contribution in [3.05, 3.63) is 29.6 Å². The predicted octanol–water partition coefficient (Wildman–Crippen LogP) is 2.13. The van der Waals surface area contributed by atoms with Gasteiger partial charge in [-0.2, -0.15) is 0 Å². The van der Waals surface area contributed by atoms with E-state index >= 15 is 0 Å². The minimum atomic E-state index is -0.550. The lowest BCUT2D eigenvalue weighted by molar-refractivity contribution is -0.0165. The number of hydrogen-bond acceptors (Lipinski definition) is 4. The molecule has 1 atom stereocenters. The molecule has 1 saturated heterocycles. The number of carbonyl (C=O) groups is 1. The number of morpholine rings is 1. The second-order valence-electron chi connectivity index (χ2n) is 4.87. The average molecular weight is 281 g/mol. The van der Waals surface area contributed by atoms with E-state index < -0.39 is 11.9 Å². The first-order valence-corrected chi connectivity index (χ1v) is 6.87. The second kappa shape index (κ2) is 6.81. The van der Waals surface area contributed by atoms with Gasteiger partial charge in [0, 0.05) is 13.1 Å². The topological polar surface area (TPSA) is 38.8 Å². The Balaban J connectivity index is 2.16. The highest BCUT2D eigenvalue weighted by Crippen LogP contribution is 2.23. The number of methoxy groups -OCH3 is 1. The summed E-state index contributed by atoms with van der Waals surface area (Å²) in [6, 6.07) is 3.96. The lowest BCUT2D eigenvalue weighted by Gasteiger charge is -2.32. The van der Waals surface area contributed by atoms with Crippen LogP contribution in [0, 0.1) is 5.82 Å². The molecule has 110 valence electrons. The summed E-state index contributed by atoms with van der Waals surface area (Å²) in [5, 5.41) is 0. The summed E-state index contributed by atoms with van der Waals surface area (Å²) >= 11 is 0. The van der Waals surface area contributed by atoms with Gasteiger partial charge in [-0.05, 0) is 31.2 Å². The first-order valence-electron chi connectivity index (χ1n) is 6.87. The lowest BCUT2D eigenvalue weighted by atomic mass is 10.0. The third-order valence-corrected chi connectivity index (χ3v) is 3.41. The van der Waals surface area contributed by atoms with E-state index in [4.69, 9.17) is 9.47 Å². The normalized spacial score (nSPS) is 19.9. The number of carbonyl (C=O) groups excluding carboxylic acids is 1. The van der Waals surface area contributed by atoms with E-state index in [-0.39, 0.29) is 11.3 Å². The van der Waals surface area contributed by atoms with E-state index in [9.17, 15) is 9.18 Å². The van der Waals surface area contributed by atoms with Crippen LogP contribution >= 0.6 is 0 Å². The van der Waals surface area contributed by atoms with Gasteiger partial charge in [0.1, 0.15) is 17.7 Å². The highest BCUT2D eigenvalue weighted by atomic mass is 19.1. The fraction of sp³-hybridized carbons (Fsp3) is 0.533. The maximum absolute atomic E-state index is 13.3. The number of ketones is 1. The molecule has 1 aliphatic heterocycles. The van der Waals surface area contributed by atoms with E-state index in [1.807, 2.05) is 0 Å². The summed E-state index contributed by atoms with van der Waals surface area (Å²) in [7, 11) is 1.47. The molecule has 1 unspecified atom stereocenters. The molecule has 5 heteroatoms. The summed E-state index contributed by atoms with van der Waals surface area (Å²) in [6.07, 6.45) is 0.482. The number of hydrogen-bond donors (Lipinski definition) is 0. The molecule has 20 heavy (non-hydrogen) atoms. The number of ether oxygens (including phenoxy) is 2. The van der Waals surface area contributed by atoms with Crippen molar-refractivity contribution in [2.45, 2.75) is 19.4 Å². The number of nitrogens with zero attached hydrogens (tertiary/aromatic N) is 1. The molecule has 0 amide bonds. The van der Waals surface area contributed by atoms with E-state index in [0.717, 1.165) is 19.5 Å². The largest absolute Gasteiger partial charge is 0.496 e. The number of benzene rings is 1. The second-order valence-corrected chi connectivity index (χ2v) is 4.87. The zero-order valence-electron chi connectivity index (χ0n) is 11.9. The van der Waals surface area contributed by atoms with E-state index in [0.29, 0.717) is 18.9 Å². The van der Waals surface area contributed by atoms with Crippen molar-refractivity contribution in [1.29, 1.82) is 0 Å². The van der Waals surface area contributed by atoms with Crippen molar-refractivity contribution in [3.8, 4) is 5.75 Å². The van der Waals surface area contributed by atoms with Crippen LogP contribution in [0.15, 0.2) is 18.2 Å². The fourth-order valence-corrected chi connectivity index (χ4v) is 2.43. The average Bonchev–Trinajstić information content (AvgIpc) is 2.47. The third-order valence-electron chi connectivity index (χ3n) is 3.41. The monoisotopic (exact) mass is 281 g/mol. The number of halogens is 1. The zero-order valence-corrected chi connectivity index (χ0v) is 11.9. The standard InChI is InChI=1S/C15H20FNO3/c1-3-6-17-7-8-20-14(10-17)15(18)12-9-11(16)4-5-13(12)19-2/h4-5,9,14H,3,6-8,10H2,1-2H3. The molecule has 0 N–H and O–H groups in total. The predicted molar refractivity (Wildman–Crippen MR) is 73.8 cm³/mol. The maximum atomic E-state index is 13.3. The van der Waals surface area contributed by atoms with Crippen molar-refractivity contribution in [2.75, 3.05) is 33.4 Å². The molecule has 1 aromatic carbocycles. The molecule has 0 spiro atoms. The Kier molecular flexibility index (Phi) is 5.09. The van der Waals surface area contributed by atoms with Crippen molar-refractivity contribution < 1.29 is 18.7 Å². The zero-order chi connectivity index (χ0) is 14.5. The first kappa shape index (κ1) is 14.9. The van der Waals surface area contributed by atoms with Crippen LogP contribution in [0.3, 0.4) is 0 Å². The van der Waals surface area contributed by atoms with Gasteiger partial charge in [-0.15, -0.1) is 0 Å². The Morgan fingerprint density at radius 3 is 3.05 bits per heavy atom. The Bertz CT molecular complexity index is 476. The van der Waals surface area contributed by atoms with Crippen LogP contribution in [0.2, 0.25) is 0 Å². The summed E-state index contributed by atoms with van der Waals surface area (Å²) in [6.45, 7) is 4.94. The van der Waals surface area contributed by atoms with Gasteiger partial charge in [0.15, 0.2) is 5.78 Å². The van der Waals surface area contributed by atoms with Crippen LogP contribution in [-0.4, -0.2) is 50.1 Å². The van der Waals surface area contributed by atoms with E-state index in [1.165, 1.54) is 25.3 Å². The van der Waals surface area contributed by atoms with Crippen LogP contribution < -0.4 is 4.74 Å². The highest BCUT2D eigenvalue weighted by Gasteiger charge is 2.29. The van der Waals surface area contributed by atoms with Gasteiger partial charge in [0.25, 0.3) is 0 Å². The molecule has 0 bridgehead atoms. The minimum absolute atomic E-state index is 0.220. The summed E-state index contributed by atoms with van der Waals surface area (Å²) in [5.41, 5.74) is 0.246. The van der Waals surface area contributed by atoms with Crippen molar-refractivity contribution >= 4 is 5.78 Å². The van der Waals surface area contributed by atoms with E-state index in [1.54, 1.807) is 0 Å². The molecule has 0 aromatic heterocycles. The van der Waals surface area contributed by atoms with Crippen LogP contribution in [-0.2, 0) is 4.74 Å². The highest BCUT2D eigenvalue weighted by molar-refractivity contribution is 6.02. The SMILES string of the molecule is CCCN1CCOC(C(=O)c2cc(F)ccc2OC)C1. The van der Waals surface area contributed by atoms with Crippen LogP contribution in [0.25, 0.3) is 0 Å². The van der Waals surface area contributed by atoms with Gasteiger partial charge in [0.2, 0.25) is 0 Å². The Labute approximate surface area is 118 Å². The smallest absolute Gasteiger partial charge is 0.196 e. The Morgan fingerprint density at radius 1 is 1.55 bits per heavy atom. The Hall–Kier alpha value is -1.46. The molecule has 0 saturated carbocycles. The molecule has 2 rings (SSSR count). The van der Waals surface area contributed by atoms with Crippen LogP contribution in [0.5, 0.6) is 5.75 Å². The van der Waals surface area contributed by atoms with Gasteiger partial charge in [0.05, 0.1) is 19.3 Å². The van der Waals surface area contributed by atoms with Gasteiger partial charge in [-0.1, -0.05) is 6.92 Å². The molecule has 4 nitrogen and oxygen atoms in total. The fourth-order valence-electron chi connectivity index (χ4n) is 2.43. The van der Waals surface area contributed by atoms with E-state index in [2.05, 4.69) is 11.8 Å². The molecule has 0 radical (unpaired) electrons. The number of rotatable bonds is 5. The van der Waals surface area contributed by atoms with Crippen molar-refractivity contribution in [1.82, 2.24) is 4.90 Å². The molecule has 1 heterocycles. The third kappa shape index (κ3) is 3.35. The first-order chi connectivity index (χ1) is 9.65. The van der Waals surface area contributed by atoms with Crippen molar-refractivity contribution in [2.24, 2.45) is 0 Å². The van der Waals surface area contributed by atoms with Crippen LogP contribution in [0.1, 0.15) is 23.7 Å². The maximum Gasteiger partial charge on any atom is 0.196 e. The molecular formula is C15H20FNO3. The summed E-state index contributed by atoms with van der Waals surface area (Å²) in [4.78, 5) is 14.7. The minimum Gasteiger partial charge on any atom is -0.496 e. The molecule has 1 aromatic rings. The number of Topliss-reactive ketones (excluding diaryl/α,β-unsaturated/α-hetero) is 1. The summed E-state index contributed by atoms with van der Waals surface area (Å²) < 4.78 is 24.0. The Morgan fingerprint density at radius 2 is 2.35 bits per heavy atom. The summed E-state index contributed by atoms with van der Waals surface area (Å²) in [5.74, 6) is -0.287. The lowest BCUT2D eigenvalue weighted by Crippen LogP contribution is -2.46. The van der Waals surface area contributed by atoms with Gasteiger partial charge in [-0.3, -0.25) is 9.69 Å². The quantitative estimate of drug-likeness (QED) is 0.775. The molecule has 1 aliphatic rings. The van der Waals surface area contributed by atoms with Crippen LogP contribution in [0.4, 0.5) is 4.39 Å².